The van der Waals surface area contributed by atoms with Crippen LogP contribution in [0.25, 0.3) is 6.08 Å². The first kappa shape index (κ1) is 17.1. The molecule has 0 aliphatic carbocycles. The fourth-order valence-corrected chi connectivity index (χ4v) is 2.11. The molecule has 0 aromatic heterocycles. The molecule has 0 radical (unpaired) electrons. The second-order valence-corrected chi connectivity index (χ2v) is 5.10. The molecule has 0 heterocycles. The van der Waals surface area contributed by atoms with E-state index in [4.69, 9.17) is 33.2 Å². The zero-order valence-electron chi connectivity index (χ0n) is 11.7. The number of rotatable bonds is 5. The third-order valence-corrected chi connectivity index (χ3v) is 3.00. The van der Waals surface area contributed by atoms with E-state index in [9.17, 15) is 4.79 Å². The molecule has 4 nitrogen and oxygen atoms in total. The van der Waals surface area contributed by atoms with Crippen LogP contribution in [-0.4, -0.2) is 31.5 Å². The smallest absolute Gasteiger partial charge is 0.264 e. The highest BCUT2D eigenvalue weighted by molar-refractivity contribution is 6.37. The van der Waals surface area contributed by atoms with Gasteiger partial charge in [0.15, 0.2) is 5.75 Å². The Balaban J connectivity index is 3.19. The maximum atomic E-state index is 11.8. The van der Waals surface area contributed by atoms with E-state index in [-0.39, 0.29) is 12.2 Å². The topological polar surface area (TPSA) is 53.3 Å². The summed E-state index contributed by atoms with van der Waals surface area (Å²) < 4.78 is 5.35. The Morgan fingerprint density at radius 3 is 2.43 bits per heavy atom. The maximum Gasteiger partial charge on any atom is 0.264 e. The van der Waals surface area contributed by atoms with Gasteiger partial charge in [0.1, 0.15) is 18.2 Å². The fraction of sp³-hybridized carbons (Fsp3) is 0.200. The average molecular weight is 325 g/mol. The van der Waals surface area contributed by atoms with Gasteiger partial charge in [-0.3, -0.25) is 4.79 Å². The molecule has 0 unspecified atom stereocenters. The highest BCUT2D eigenvalue weighted by Crippen LogP contribution is 2.34. The van der Waals surface area contributed by atoms with Crippen LogP contribution in [0.1, 0.15) is 5.56 Å². The van der Waals surface area contributed by atoms with Gasteiger partial charge in [0.2, 0.25) is 0 Å². The minimum Gasteiger partial charge on any atom is -0.486 e. The number of amides is 1. The second kappa shape index (κ2) is 7.72. The van der Waals surface area contributed by atoms with Gasteiger partial charge < -0.3 is 9.64 Å². The van der Waals surface area contributed by atoms with Gasteiger partial charge in [0.05, 0.1) is 10.0 Å². The number of benzene rings is 1. The van der Waals surface area contributed by atoms with Gasteiger partial charge in [-0.05, 0) is 23.8 Å². The third kappa shape index (κ3) is 4.52. The number of nitrogens with zero attached hydrogens (tertiary/aromatic N) is 2. The summed E-state index contributed by atoms with van der Waals surface area (Å²) in [6.07, 6.45) is 3.00. The molecule has 0 fully saturated rings. The lowest BCUT2D eigenvalue weighted by Crippen LogP contribution is -2.22. The molecule has 0 atom stereocenters. The van der Waals surface area contributed by atoms with Gasteiger partial charge in [-0.2, -0.15) is 5.26 Å². The maximum absolute atomic E-state index is 11.8. The molecule has 1 aromatic carbocycles. The van der Waals surface area contributed by atoms with Crippen molar-refractivity contribution in [1.82, 2.24) is 4.90 Å². The normalized spacial score (nSPS) is 10.7. The molecule has 0 aliphatic heterocycles. The predicted octanol–water partition coefficient (Wildman–Crippen LogP) is 3.55. The molecule has 0 N–H and O–H groups in total. The zero-order chi connectivity index (χ0) is 16.0. The van der Waals surface area contributed by atoms with Crippen molar-refractivity contribution in [1.29, 1.82) is 5.26 Å². The first-order valence-corrected chi connectivity index (χ1v) is 6.72. The molecular weight excluding hydrogens is 311 g/mol. The number of carbonyl (C=O) groups excluding carboxylic acids is 1. The largest absolute Gasteiger partial charge is 0.486 e. The van der Waals surface area contributed by atoms with Crippen molar-refractivity contribution in [2.45, 2.75) is 0 Å². The lowest BCUT2D eigenvalue weighted by molar-refractivity contribution is -0.124. The van der Waals surface area contributed by atoms with Crippen molar-refractivity contribution in [2.24, 2.45) is 0 Å². The van der Waals surface area contributed by atoms with Crippen LogP contribution in [0.3, 0.4) is 0 Å². The van der Waals surface area contributed by atoms with Crippen LogP contribution >= 0.6 is 23.2 Å². The number of ether oxygens (including phenoxy) is 1. The molecular formula is C15H14Cl2N2O2. The number of likely N-dealkylation sites (N-methyl/N-ethyl adjacent to an activating group) is 1. The van der Waals surface area contributed by atoms with E-state index < -0.39 is 5.91 Å². The molecule has 6 heteroatoms. The van der Waals surface area contributed by atoms with Crippen LogP contribution < -0.4 is 4.74 Å². The SMILES string of the molecule is C=CCOc1c(Cl)cc(/C=C(/C#N)C(=O)N(C)C)cc1Cl. The third-order valence-electron chi connectivity index (χ3n) is 2.43. The summed E-state index contributed by atoms with van der Waals surface area (Å²) >= 11 is 12.2. The average Bonchev–Trinajstić information content (AvgIpc) is 2.43. The Bertz CT molecular complexity index is 608. The Labute approximate surface area is 133 Å². The summed E-state index contributed by atoms with van der Waals surface area (Å²) in [5.41, 5.74) is 0.537. The lowest BCUT2D eigenvalue weighted by atomic mass is 10.1. The fourth-order valence-electron chi connectivity index (χ4n) is 1.49. The van der Waals surface area contributed by atoms with Crippen molar-refractivity contribution in [3.63, 3.8) is 0 Å². The van der Waals surface area contributed by atoms with Gasteiger partial charge in [-0.25, -0.2) is 0 Å². The van der Waals surface area contributed by atoms with Crippen LogP contribution in [0.5, 0.6) is 5.75 Å². The minimum atomic E-state index is -0.392. The predicted molar refractivity (Wildman–Crippen MR) is 84.4 cm³/mol. The van der Waals surface area contributed by atoms with Crippen LogP contribution in [0.15, 0.2) is 30.4 Å². The van der Waals surface area contributed by atoms with Gasteiger partial charge >= 0.3 is 0 Å². The van der Waals surface area contributed by atoms with E-state index in [0.717, 1.165) is 0 Å². The minimum absolute atomic E-state index is 0.00751. The van der Waals surface area contributed by atoms with Gasteiger partial charge in [-0.1, -0.05) is 35.9 Å². The summed E-state index contributed by atoms with van der Waals surface area (Å²) in [6, 6.07) is 5.01. The van der Waals surface area contributed by atoms with E-state index in [0.29, 0.717) is 21.4 Å². The molecule has 0 spiro atoms. The van der Waals surface area contributed by atoms with Crippen molar-refractivity contribution in [2.75, 3.05) is 20.7 Å². The molecule has 1 amide bonds. The monoisotopic (exact) mass is 324 g/mol. The second-order valence-electron chi connectivity index (χ2n) is 4.28. The first-order chi connectivity index (χ1) is 9.90. The van der Waals surface area contributed by atoms with Gasteiger partial charge in [0, 0.05) is 14.1 Å². The van der Waals surface area contributed by atoms with Gasteiger partial charge in [-0.15, -0.1) is 0 Å². The number of halogens is 2. The Kier molecular flexibility index (Phi) is 6.29. The Hall–Kier alpha value is -1.96. The van der Waals surface area contributed by atoms with Crippen molar-refractivity contribution in [3.05, 3.63) is 46.0 Å². The van der Waals surface area contributed by atoms with Crippen molar-refractivity contribution >= 4 is 35.2 Å². The molecule has 1 rings (SSSR count). The van der Waals surface area contributed by atoms with Gasteiger partial charge in [0.25, 0.3) is 5.91 Å². The quantitative estimate of drug-likeness (QED) is 0.472. The van der Waals surface area contributed by atoms with E-state index in [1.54, 1.807) is 32.3 Å². The van der Waals surface area contributed by atoms with Crippen molar-refractivity contribution < 1.29 is 9.53 Å². The zero-order valence-corrected chi connectivity index (χ0v) is 13.2. The summed E-state index contributed by atoms with van der Waals surface area (Å²) in [7, 11) is 3.14. The number of carbonyl (C=O) groups is 1. The van der Waals surface area contributed by atoms with Crippen molar-refractivity contribution in [3.8, 4) is 11.8 Å². The molecule has 1 aromatic rings. The number of hydrogen-bond donors (Lipinski definition) is 0. The standard InChI is InChI=1S/C15H14Cl2N2O2/c1-4-5-21-14-12(16)7-10(8-13(14)17)6-11(9-18)15(20)19(2)3/h4,6-8H,1,5H2,2-3H3/b11-6-. The molecule has 0 aliphatic rings. The first-order valence-electron chi connectivity index (χ1n) is 5.97. The number of nitriles is 1. The van der Waals surface area contributed by atoms with Crippen LogP contribution in [0.2, 0.25) is 10.0 Å². The van der Waals surface area contributed by atoms with Crippen LogP contribution in [0, 0.1) is 11.3 Å². The Morgan fingerprint density at radius 2 is 2.00 bits per heavy atom. The lowest BCUT2D eigenvalue weighted by Gasteiger charge is -2.10. The summed E-state index contributed by atoms with van der Waals surface area (Å²) in [4.78, 5) is 13.1. The molecule has 21 heavy (non-hydrogen) atoms. The summed E-state index contributed by atoms with van der Waals surface area (Å²) in [5, 5.41) is 9.64. The van der Waals surface area contributed by atoms with E-state index in [1.807, 2.05) is 6.07 Å². The molecule has 0 saturated carbocycles. The van der Waals surface area contributed by atoms with Crippen LogP contribution in [-0.2, 0) is 4.79 Å². The number of hydrogen-bond acceptors (Lipinski definition) is 3. The summed E-state index contributed by atoms with van der Waals surface area (Å²) in [6.45, 7) is 3.82. The molecule has 0 bridgehead atoms. The highest BCUT2D eigenvalue weighted by Gasteiger charge is 2.13. The summed E-state index contributed by atoms with van der Waals surface area (Å²) in [5.74, 6) is -0.0513. The Morgan fingerprint density at radius 1 is 1.43 bits per heavy atom. The molecule has 0 saturated heterocycles. The van der Waals surface area contributed by atoms with E-state index in [2.05, 4.69) is 6.58 Å². The van der Waals surface area contributed by atoms with E-state index >= 15 is 0 Å². The van der Waals surface area contributed by atoms with Crippen LogP contribution in [0.4, 0.5) is 0 Å². The van der Waals surface area contributed by atoms with E-state index in [1.165, 1.54) is 11.0 Å². The highest BCUT2D eigenvalue weighted by atomic mass is 35.5. The molecule has 110 valence electrons.